The van der Waals surface area contributed by atoms with Crippen LogP contribution in [0.5, 0.6) is 0 Å². The first-order valence-electron chi connectivity index (χ1n) is 10.2. The first-order valence-corrected chi connectivity index (χ1v) is 10.2. The minimum Gasteiger partial charge on any atom is -0.463 e. The van der Waals surface area contributed by atoms with Crippen molar-refractivity contribution in [3.63, 3.8) is 0 Å². The molecular weight excluding hydrogens is 452 g/mol. The van der Waals surface area contributed by atoms with Gasteiger partial charge in [0.1, 0.15) is 24.8 Å². The molecule has 0 saturated carbocycles. The van der Waals surface area contributed by atoms with E-state index in [2.05, 4.69) is 16.0 Å². The summed E-state index contributed by atoms with van der Waals surface area (Å²) in [5, 5.41) is 7.24. The van der Waals surface area contributed by atoms with Crippen molar-refractivity contribution in [3.05, 3.63) is 82.6 Å². The molecule has 0 radical (unpaired) electrons. The van der Waals surface area contributed by atoms with E-state index in [4.69, 9.17) is 9.47 Å². The Balaban J connectivity index is 1.71. The number of hydrogen-bond acceptors (Lipinski definition) is 6. The number of hydrogen-bond donors (Lipinski definition) is 3. The average molecular weight is 473 g/mol. The topological polar surface area (TPSA) is 123 Å². The lowest BCUT2D eigenvalue weighted by Gasteiger charge is -2.29. The molecule has 2 aromatic carbocycles. The number of halogens is 2. The third kappa shape index (κ3) is 5.94. The summed E-state index contributed by atoms with van der Waals surface area (Å²) in [6.07, 6.45) is 0. The van der Waals surface area contributed by atoms with Crippen LogP contribution < -0.4 is 16.0 Å². The zero-order valence-electron chi connectivity index (χ0n) is 18.0. The van der Waals surface area contributed by atoms with Crippen molar-refractivity contribution in [1.29, 1.82) is 0 Å². The molecule has 3 rings (SSSR count). The van der Waals surface area contributed by atoms with Gasteiger partial charge in [-0.25, -0.2) is 18.4 Å². The van der Waals surface area contributed by atoms with Crippen molar-refractivity contribution in [2.75, 3.05) is 19.8 Å². The second kappa shape index (κ2) is 11.0. The summed E-state index contributed by atoms with van der Waals surface area (Å²) < 4.78 is 36.9. The predicted molar refractivity (Wildman–Crippen MR) is 114 cm³/mol. The first kappa shape index (κ1) is 24.4. The van der Waals surface area contributed by atoms with Crippen LogP contribution in [0.2, 0.25) is 0 Å². The SMILES string of the molecule is CCOC(=O)C1=C(COC(=O)CNC(=O)c2ccc(F)cc2F)NC(=O)NC1c1ccccc1. The van der Waals surface area contributed by atoms with Crippen LogP contribution in [0.15, 0.2) is 59.8 Å². The molecule has 0 saturated heterocycles. The minimum atomic E-state index is -1.08. The highest BCUT2D eigenvalue weighted by molar-refractivity contribution is 5.96. The maximum absolute atomic E-state index is 13.7. The van der Waals surface area contributed by atoms with E-state index in [0.29, 0.717) is 11.6 Å². The summed E-state index contributed by atoms with van der Waals surface area (Å²) in [5.41, 5.74) is 0.230. The molecule has 1 aliphatic rings. The molecule has 1 heterocycles. The number of carbonyl (C=O) groups excluding carboxylic acids is 4. The molecule has 11 heteroatoms. The monoisotopic (exact) mass is 473 g/mol. The first-order chi connectivity index (χ1) is 16.3. The third-order valence-electron chi connectivity index (χ3n) is 4.73. The number of benzene rings is 2. The Morgan fingerprint density at radius 2 is 1.79 bits per heavy atom. The molecule has 2 aromatic rings. The number of ether oxygens (including phenoxy) is 2. The summed E-state index contributed by atoms with van der Waals surface area (Å²) >= 11 is 0. The molecule has 0 aromatic heterocycles. The number of urea groups is 1. The van der Waals surface area contributed by atoms with Crippen LogP contribution >= 0.6 is 0 Å². The van der Waals surface area contributed by atoms with Crippen molar-refractivity contribution in [3.8, 4) is 0 Å². The molecule has 1 unspecified atom stereocenters. The Hall–Kier alpha value is -4.28. The van der Waals surface area contributed by atoms with Crippen LogP contribution in [0, 0.1) is 11.6 Å². The zero-order valence-corrected chi connectivity index (χ0v) is 18.0. The van der Waals surface area contributed by atoms with Gasteiger partial charge in [-0.15, -0.1) is 0 Å². The lowest BCUT2D eigenvalue weighted by molar-refractivity contribution is -0.142. The van der Waals surface area contributed by atoms with Crippen LogP contribution in [0.25, 0.3) is 0 Å². The van der Waals surface area contributed by atoms with Crippen molar-refractivity contribution in [2.45, 2.75) is 13.0 Å². The second-order valence-corrected chi connectivity index (χ2v) is 7.02. The van der Waals surface area contributed by atoms with E-state index in [1.165, 1.54) is 0 Å². The van der Waals surface area contributed by atoms with Crippen molar-refractivity contribution >= 4 is 23.9 Å². The fourth-order valence-corrected chi connectivity index (χ4v) is 3.20. The van der Waals surface area contributed by atoms with Crippen LogP contribution in [-0.4, -0.2) is 43.6 Å². The quantitative estimate of drug-likeness (QED) is 0.505. The summed E-state index contributed by atoms with van der Waals surface area (Å²) in [6, 6.07) is 9.59. The predicted octanol–water partition coefficient (Wildman–Crippen LogP) is 2.11. The fraction of sp³-hybridized carbons (Fsp3) is 0.217. The Labute approximate surface area is 193 Å². The van der Waals surface area contributed by atoms with Gasteiger partial charge in [0.2, 0.25) is 0 Å². The lowest BCUT2D eigenvalue weighted by atomic mass is 9.95. The highest BCUT2D eigenvalue weighted by Gasteiger charge is 2.34. The number of rotatable bonds is 8. The standard InChI is InChI=1S/C23H21F2N3O6/c1-2-33-22(31)19-17(27-23(32)28-20(19)13-6-4-3-5-7-13)12-34-18(29)11-26-21(30)15-9-8-14(24)10-16(15)25/h3-10,20H,2,11-12H2,1H3,(H,26,30)(H2,27,28,32). The molecule has 0 aliphatic carbocycles. The highest BCUT2D eigenvalue weighted by atomic mass is 19.1. The highest BCUT2D eigenvalue weighted by Crippen LogP contribution is 2.27. The summed E-state index contributed by atoms with van der Waals surface area (Å²) in [4.78, 5) is 49.0. The van der Waals surface area contributed by atoms with Gasteiger partial charge in [-0.3, -0.25) is 9.59 Å². The molecule has 0 spiro atoms. The molecule has 1 atom stereocenters. The number of esters is 2. The molecule has 178 valence electrons. The van der Waals surface area contributed by atoms with E-state index in [0.717, 1.165) is 12.1 Å². The van der Waals surface area contributed by atoms with E-state index in [1.54, 1.807) is 37.3 Å². The molecule has 34 heavy (non-hydrogen) atoms. The van der Waals surface area contributed by atoms with Crippen LogP contribution in [-0.2, 0) is 19.1 Å². The summed E-state index contributed by atoms with van der Waals surface area (Å²) in [5.74, 6) is -4.51. The Bertz CT molecular complexity index is 1140. The molecule has 1 aliphatic heterocycles. The second-order valence-electron chi connectivity index (χ2n) is 7.02. The van der Waals surface area contributed by atoms with Gasteiger partial charge < -0.3 is 25.4 Å². The van der Waals surface area contributed by atoms with Gasteiger partial charge in [-0.1, -0.05) is 30.3 Å². The summed E-state index contributed by atoms with van der Waals surface area (Å²) in [6.45, 7) is 0.574. The van der Waals surface area contributed by atoms with Crippen molar-refractivity contribution < 1.29 is 37.4 Å². The fourth-order valence-electron chi connectivity index (χ4n) is 3.20. The van der Waals surface area contributed by atoms with Gasteiger partial charge in [0, 0.05) is 6.07 Å². The molecule has 0 bridgehead atoms. The molecule has 0 fully saturated rings. The van der Waals surface area contributed by atoms with Gasteiger partial charge in [0.15, 0.2) is 0 Å². The van der Waals surface area contributed by atoms with E-state index in [9.17, 15) is 28.0 Å². The zero-order chi connectivity index (χ0) is 24.7. The molecule has 3 N–H and O–H groups in total. The lowest BCUT2D eigenvalue weighted by Crippen LogP contribution is -2.47. The smallest absolute Gasteiger partial charge is 0.338 e. The third-order valence-corrected chi connectivity index (χ3v) is 4.73. The Kier molecular flexibility index (Phi) is 7.91. The van der Waals surface area contributed by atoms with Gasteiger partial charge >= 0.3 is 18.0 Å². The number of amides is 3. The van der Waals surface area contributed by atoms with E-state index in [-0.39, 0.29) is 17.9 Å². The van der Waals surface area contributed by atoms with Crippen molar-refractivity contribution in [1.82, 2.24) is 16.0 Å². The van der Waals surface area contributed by atoms with Gasteiger partial charge in [0.05, 0.1) is 29.5 Å². The van der Waals surface area contributed by atoms with E-state index < -0.39 is 60.3 Å². The van der Waals surface area contributed by atoms with E-state index in [1.807, 2.05) is 0 Å². The van der Waals surface area contributed by atoms with E-state index >= 15 is 0 Å². The largest absolute Gasteiger partial charge is 0.463 e. The van der Waals surface area contributed by atoms with Gasteiger partial charge in [-0.05, 0) is 24.6 Å². The van der Waals surface area contributed by atoms with Gasteiger partial charge in [0.25, 0.3) is 5.91 Å². The van der Waals surface area contributed by atoms with Crippen LogP contribution in [0.3, 0.4) is 0 Å². The molecule has 3 amide bonds. The van der Waals surface area contributed by atoms with Gasteiger partial charge in [-0.2, -0.15) is 0 Å². The van der Waals surface area contributed by atoms with Crippen molar-refractivity contribution in [2.24, 2.45) is 0 Å². The summed E-state index contributed by atoms with van der Waals surface area (Å²) in [7, 11) is 0. The normalized spacial score (nSPS) is 15.1. The number of carbonyl (C=O) groups is 4. The van der Waals surface area contributed by atoms with Crippen LogP contribution in [0.1, 0.15) is 28.9 Å². The maximum atomic E-state index is 13.7. The average Bonchev–Trinajstić information content (AvgIpc) is 2.81. The molecule has 9 nitrogen and oxygen atoms in total. The Morgan fingerprint density at radius 3 is 2.47 bits per heavy atom. The maximum Gasteiger partial charge on any atom is 0.338 e. The van der Waals surface area contributed by atoms with Crippen LogP contribution in [0.4, 0.5) is 13.6 Å². The molecular formula is C23H21F2N3O6. The Morgan fingerprint density at radius 1 is 1.06 bits per heavy atom. The number of nitrogens with one attached hydrogen (secondary N) is 3. The minimum absolute atomic E-state index is 0.0142.